The molecule has 0 spiro atoms. The summed E-state index contributed by atoms with van der Waals surface area (Å²) >= 11 is 0. The first kappa shape index (κ1) is 15.3. The lowest BCUT2D eigenvalue weighted by molar-refractivity contribution is -0.115. The Labute approximate surface area is 132 Å². The van der Waals surface area contributed by atoms with E-state index in [4.69, 9.17) is 4.74 Å². The second-order valence-corrected chi connectivity index (χ2v) is 6.03. The zero-order valence-electron chi connectivity index (χ0n) is 13.0. The normalized spacial score (nSPS) is 19.4. The summed E-state index contributed by atoms with van der Waals surface area (Å²) in [6, 6.07) is 8.52. The molecule has 5 nitrogen and oxygen atoms in total. The Kier molecular flexibility index (Phi) is 5.29. The van der Waals surface area contributed by atoms with Crippen molar-refractivity contribution >= 4 is 17.3 Å². The molecule has 22 heavy (non-hydrogen) atoms. The quantitative estimate of drug-likeness (QED) is 0.873. The van der Waals surface area contributed by atoms with Crippen LogP contribution in [0.25, 0.3) is 0 Å². The molecule has 2 fully saturated rings. The largest absolute Gasteiger partial charge is 0.378 e. The molecule has 0 atom stereocenters. The van der Waals surface area contributed by atoms with Crippen LogP contribution in [0, 0.1) is 0 Å². The van der Waals surface area contributed by atoms with Crippen molar-refractivity contribution in [3.8, 4) is 0 Å². The maximum absolute atomic E-state index is 12.2. The van der Waals surface area contributed by atoms with Gasteiger partial charge < -0.3 is 20.3 Å². The van der Waals surface area contributed by atoms with Gasteiger partial charge in [-0.3, -0.25) is 4.79 Å². The number of hydrogen-bond acceptors (Lipinski definition) is 4. The molecule has 1 heterocycles. The number of morpholine rings is 1. The highest BCUT2D eigenvalue weighted by molar-refractivity contribution is 5.95. The number of ether oxygens (including phenoxy) is 1. The van der Waals surface area contributed by atoms with Crippen molar-refractivity contribution < 1.29 is 9.53 Å². The Morgan fingerprint density at radius 2 is 1.91 bits per heavy atom. The predicted molar refractivity (Wildman–Crippen MR) is 88.4 cm³/mol. The van der Waals surface area contributed by atoms with Crippen LogP contribution >= 0.6 is 0 Å². The lowest BCUT2D eigenvalue weighted by Gasteiger charge is -2.30. The van der Waals surface area contributed by atoms with Gasteiger partial charge in [-0.05, 0) is 25.0 Å². The van der Waals surface area contributed by atoms with Crippen LogP contribution in [0.15, 0.2) is 24.3 Å². The van der Waals surface area contributed by atoms with E-state index in [2.05, 4.69) is 21.6 Å². The van der Waals surface area contributed by atoms with E-state index in [0.717, 1.165) is 37.7 Å². The molecular formula is C17H25N3O2. The molecule has 0 aromatic heterocycles. The topological polar surface area (TPSA) is 53.6 Å². The highest BCUT2D eigenvalue weighted by atomic mass is 16.5. The van der Waals surface area contributed by atoms with E-state index < -0.39 is 0 Å². The molecule has 0 radical (unpaired) electrons. The first-order valence-electron chi connectivity index (χ1n) is 8.28. The second-order valence-electron chi connectivity index (χ2n) is 6.03. The summed E-state index contributed by atoms with van der Waals surface area (Å²) in [5, 5.41) is 6.40. The summed E-state index contributed by atoms with van der Waals surface area (Å²) in [5.41, 5.74) is 1.97. The summed E-state index contributed by atoms with van der Waals surface area (Å²) < 4.78 is 5.40. The van der Waals surface area contributed by atoms with Gasteiger partial charge in [-0.2, -0.15) is 0 Å². The highest BCUT2D eigenvalue weighted by Crippen LogP contribution is 2.26. The smallest absolute Gasteiger partial charge is 0.238 e. The SMILES string of the molecule is O=C(CNC1CCCC1)Nc1ccccc1N1CCOCC1. The van der Waals surface area contributed by atoms with Gasteiger partial charge in [-0.25, -0.2) is 0 Å². The molecule has 2 N–H and O–H groups in total. The van der Waals surface area contributed by atoms with Gasteiger partial charge in [0.15, 0.2) is 0 Å². The molecular weight excluding hydrogens is 278 g/mol. The monoisotopic (exact) mass is 303 g/mol. The fourth-order valence-corrected chi connectivity index (χ4v) is 3.22. The van der Waals surface area contributed by atoms with Crippen molar-refractivity contribution in [3.63, 3.8) is 0 Å². The number of rotatable bonds is 5. The fraction of sp³-hybridized carbons (Fsp3) is 0.588. The van der Waals surface area contributed by atoms with E-state index in [0.29, 0.717) is 12.6 Å². The number of carbonyl (C=O) groups excluding carboxylic acids is 1. The van der Waals surface area contributed by atoms with Crippen LogP contribution in [-0.2, 0) is 9.53 Å². The van der Waals surface area contributed by atoms with Crippen molar-refractivity contribution in [1.29, 1.82) is 0 Å². The Morgan fingerprint density at radius 1 is 1.18 bits per heavy atom. The maximum atomic E-state index is 12.2. The predicted octanol–water partition coefficient (Wildman–Crippen LogP) is 1.99. The minimum absolute atomic E-state index is 0.0348. The van der Waals surface area contributed by atoms with Gasteiger partial charge in [0.2, 0.25) is 5.91 Å². The van der Waals surface area contributed by atoms with Crippen LogP contribution < -0.4 is 15.5 Å². The zero-order valence-corrected chi connectivity index (χ0v) is 13.0. The van der Waals surface area contributed by atoms with Crippen LogP contribution in [0.5, 0.6) is 0 Å². The molecule has 5 heteroatoms. The zero-order chi connectivity index (χ0) is 15.2. The lowest BCUT2D eigenvalue weighted by Crippen LogP contribution is -2.37. The summed E-state index contributed by atoms with van der Waals surface area (Å²) in [4.78, 5) is 14.5. The van der Waals surface area contributed by atoms with Crippen molar-refractivity contribution in [2.75, 3.05) is 43.1 Å². The Morgan fingerprint density at radius 3 is 2.68 bits per heavy atom. The van der Waals surface area contributed by atoms with E-state index in [9.17, 15) is 4.79 Å². The fourth-order valence-electron chi connectivity index (χ4n) is 3.22. The first-order chi connectivity index (χ1) is 10.8. The van der Waals surface area contributed by atoms with Crippen LogP contribution in [0.1, 0.15) is 25.7 Å². The standard InChI is InChI=1S/C17H25N3O2/c21-17(13-18-14-5-1-2-6-14)19-15-7-3-4-8-16(15)20-9-11-22-12-10-20/h3-4,7-8,14,18H,1-2,5-6,9-13H2,(H,19,21). The number of anilines is 2. The number of para-hydroxylation sites is 2. The van der Waals surface area contributed by atoms with Crippen LogP contribution in [0.4, 0.5) is 11.4 Å². The minimum atomic E-state index is 0.0348. The third kappa shape index (κ3) is 3.99. The van der Waals surface area contributed by atoms with Gasteiger partial charge in [0.05, 0.1) is 31.1 Å². The molecule has 1 saturated carbocycles. The summed E-state index contributed by atoms with van der Waals surface area (Å²) in [6.45, 7) is 3.61. The maximum Gasteiger partial charge on any atom is 0.238 e. The Hall–Kier alpha value is -1.59. The molecule has 0 bridgehead atoms. The number of hydrogen-bond donors (Lipinski definition) is 2. The average Bonchev–Trinajstić information content (AvgIpc) is 3.08. The van der Waals surface area contributed by atoms with E-state index in [1.807, 2.05) is 18.2 Å². The summed E-state index contributed by atoms with van der Waals surface area (Å²) in [6.07, 6.45) is 4.94. The molecule has 3 rings (SSSR count). The molecule has 1 saturated heterocycles. The average molecular weight is 303 g/mol. The number of amides is 1. The first-order valence-corrected chi connectivity index (χ1v) is 8.28. The lowest BCUT2D eigenvalue weighted by atomic mass is 10.2. The third-order valence-electron chi connectivity index (χ3n) is 4.44. The molecule has 1 aliphatic carbocycles. The third-order valence-corrected chi connectivity index (χ3v) is 4.44. The van der Waals surface area contributed by atoms with Crippen molar-refractivity contribution in [2.24, 2.45) is 0 Å². The van der Waals surface area contributed by atoms with Crippen LogP contribution in [-0.4, -0.2) is 44.8 Å². The van der Waals surface area contributed by atoms with Gasteiger partial charge in [0.25, 0.3) is 0 Å². The Balaban J connectivity index is 1.57. The molecule has 1 aromatic rings. The summed E-state index contributed by atoms with van der Waals surface area (Å²) in [5.74, 6) is 0.0348. The van der Waals surface area contributed by atoms with E-state index >= 15 is 0 Å². The van der Waals surface area contributed by atoms with Gasteiger partial charge in [0, 0.05) is 19.1 Å². The van der Waals surface area contributed by atoms with Crippen LogP contribution in [0.2, 0.25) is 0 Å². The van der Waals surface area contributed by atoms with E-state index in [1.54, 1.807) is 0 Å². The number of nitrogens with one attached hydrogen (secondary N) is 2. The van der Waals surface area contributed by atoms with Crippen LogP contribution in [0.3, 0.4) is 0 Å². The molecule has 2 aliphatic rings. The number of carbonyl (C=O) groups is 1. The van der Waals surface area contributed by atoms with Gasteiger partial charge in [-0.1, -0.05) is 25.0 Å². The van der Waals surface area contributed by atoms with Gasteiger partial charge in [0.1, 0.15) is 0 Å². The van der Waals surface area contributed by atoms with Crippen molar-refractivity contribution in [1.82, 2.24) is 5.32 Å². The van der Waals surface area contributed by atoms with Gasteiger partial charge >= 0.3 is 0 Å². The number of benzene rings is 1. The molecule has 1 aromatic carbocycles. The number of nitrogens with zero attached hydrogens (tertiary/aromatic N) is 1. The second kappa shape index (κ2) is 7.61. The van der Waals surface area contributed by atoms with Crippen molar-refractivity contribution in [2.45, 2.75) is 31.7 Å². The van der Waals surface area contributed by atoms with Gasteiger partial charge in [-0.15, -0.1) is 0 Å². The molecule has 1 aliphatic heterocycles. The highest BCUT2D eigenvalue weighted by Gasteiger charge is 2.17. The minimum Gasteiger partial charge on any atom is -0.378 e. The van der Waals surface area contributed by atoms with Crippen molar-refractivity contribution in [3.05, 3.63) is 24.3 Å². The van der Waals surface area contributed by atoms with E-state index in [-0.39, 0.29) is 5.91 Å². The van der Waals surface area contributed by atoms with E-state index in [1.165, 1.54) is 25.7 Å². The Bertz CT molecular complexity index is 494. The molecule has 120 valence electrons. The summed E-state index contributed by atoms with van der Waals surface area (Å²) in [7, 11) is 0. The molecule has 0 unspecified atom stereocenters. The molecule has 1 amide bonds.